The number of carbonyl (C=O) groups excluding carboxylic acids is 5. The number of aromatic nitrogens is 3. The minimum absolute atomic E-state index is 0.0105. The number of urea groups is 1. The number of ether oxygens (including phenoxy) is 3. The van der Waals surface area contributed by atoms with E-state index in [1.165, 1.54) is 32.9 Å². The monoisotopic (exact) mass is 1100 g/mol. The number of carbonyl (C=O) groups is 5. The molecule has 8 heterocycles. The molecule has 2 N–H and O–H groups in total. The Balaban J connectivity index is 0.968. The van der Waals surface area contributed by atoms with Crippen LogP contribution in [-0.4, -0.2) is 180 Å². The van der Waals surface area contributed by atoms with Crippen LogP contribution in [0.5, 0.6) is 0 Å². The molecule has 0 radical (unpaired) electrons. The molecule has 78 heavy (non-hydrogen) atoms. The summed E-state index contributed by atoms with van der Waals surface area (Å²) in [4.78, 5) is 87.6. The van der Waals surface area contributed by atoms with Crippen LogP contribution in [0.15, 0.2) is 54.1 Å². The number of piperidine rings is 1. The largest absolute Gasteiger partial charge is 0.464 e. The molecule has 4 fully saturated rings. The zero-order valence-electron chi connectivity index (χ0n) is 45.7. The summed E-state index contributed by atoms with van der Waals surface area (Å²) in [6.07, 6.45) is 2.40. The second-order valence-electron chi connectivity index (χ2n) is 22.8. The standard InChI is InChI=1S/C56H73F3N10O8S/c1-35(2)48(64(6)53(74)66-21-16-55(17-22-66)31-67(32-55)46(70)13-10-19-65-23-25-76-26-24-65)50(71)62-42-28-45-61-43(30-78-45)37-14-15-44-39(27-37)40(29-54(4,5)34-77-52(73)41-12-9-20-69(63-41)51(42)72)49(68(44)33-56(57,58)59)38-11-8-18-60-47(38)36(3)75-7/h8,10-11,13-15,18,27,30,35-36,41-42,48,63H,9,12,16-17,19-26,28-29,31-34H2,1-7H3,(H,62,71)/b13-10+/t36-,41-,42-,48-/m0/s1. The molecule has 1 aromatic carbocycles. The predicted octanol–water partition coefficient (Wildman–Crippen LogP) is 6.63. The SMILES string of the molecule is CO[C@@H](C)c1ncccc1-c1c2c3cc(ccc3n1CC(F)(F)F)-c1csc(n1)C[C@H](NC(=O)[C@H](C(C)C)N(C)C(=O)N1CCC3(CC1)CN(C(=O)/C=C/CN1CCOCC1)C3)C(=O)N1CCC[C@H](N1)C(=O)OCC(C)(C)C2. The second-order valence-corrected chi connectivity index (χ2v) is 23.8. The number of thiazole rings is 1. The summed E-state index contributed by atoms with van der Waals surface area (Å²) >= 11 is 1.28. The van der Waals surface area contributed by atoms with E-state index in [0.29, 0.717) is 108 Å². The third-order valence-corrected chi connectivity index (χ3v) is 16.9. The first-order chi connectivity index (χ1) is 37.1. The molecule has 0 unspecified atom stereocenters. The van der Waals surface area contributed by atoms with Gasteiger partial charge in [-0.15, -0.1) is 11.3 Å². The van der Waals surface area contributed by atoms with Crippen molar-refractivity contribution in [2.24, 2.45) is 16.7 Å². The van der Waals surface area contributed by atoms with Crippen LogP contribution in [0.1, 0.15) is 82.7 Å². The highest BCUT2D eigenvalue weighted by atomic mass is 32.1. The molecule has 6 bridgehead atoms. The lowest BCUT2D eigenvalue weighted by molar-refractivity contribution is -0.155. The fourth-order valence-electron chi connectivity index (χ4n) is 11.7. The quantitative estimate of drug-likeness (QED) is 0.121. The molecule has 0 saturated carbocycles. The number of morpholine rings is 1. The molecular weight excluding hydrogens is 1030 g/mol. The van der Waals surface area contributed by atoms with E-state index < -0.39 is 60.1 Å². The Kier molecular flexibility index (Phi) is 17.0. The lowest BCUT2D eigenvalue weighted by Gasteiger charge is -2.54. The number of likely N-dealkylation sites (N-methyl/N-ethyl adjacent to an activating group) is 1. The maximum absolute atomic E-state index is 14.8. The number of rotatable bonds is 11. The first-order valence-electron chi connectivity index (χ1n) is 27.1. The molecule has 5 amide bonds. The first kappa shape index (κ1) is 56.8. The van der Waals surface area contributed by atoms with E-state index in [1.807, 2.05) is 50.1 Å². The Hall–Kier alpha value is -5.94. The zero-order valence-corrected chi connectivity index (χ0v) is 46.5. The first-order valence-corrected chi connectivity index (χ1v) is 28.0. The van der Waals surface area contributed by atoms with Gasteiger partial charge in [-0.25, -0.2) is 15.2 Å². The number of esters is 1. The number of cyclic esters (lactones) is 1. The van der Waals surface area contributed by atoms with Crippen molar-refractivity contribution >= 4 is 52.0 Å². The molecule has 5 aliphatic heterocycles. The molecule has 4 saturated heterocycles. The van der Waals surface area contributed by atoms with Crippen LogP contribution in [0.3, 0.4) is 0 Å². The van der Waals surface area contributed by atoms with Gasteiger partial charge in [0.1, 0.15) is 24.7 Å². The number of alkyl halides is 3. The van der Waals surface area contributed by atoms with Crippen molar-refractivity contribution in [3.8, 4) is 22.5 Å². The number of amides is 5. The van der Waals surface area contributed by atoms with Crippen LogP contribution >= 0.6 is 11.3 Å². The number of likely N-dealkylation sites (tertiary alicyclic amines) is 2. The van der Waals surface area contributed by atoms with E-state index in [2.05, 4.69) is 20.6 Å². The molecular formula is C56H73F3N10O8S. The lowest BCUT2D eigenvalue weighted by atomic mass is 9.72. The van der Waals surface area contributed by atoms with Gasteiger partial charge in [0.25, 0.3) is 5.91 Å². The number of hydrogen-bond donors (Lipinski definition) is 2. The Labute approximate surface area is 457 Å². The third kappa shape index (κ3) is 12.6. The van der Waals surface area contributed by atoms with Gasteiger partial charge in [-0.2, -0.15) is 13.2 Å². The summed E-state index contributed by atoms with van der Waals surface area (Å²) in [6.45, 7) is 14.1. The van der Waals surface area contributed by atoms with E-state index in [4.69, 9.17) is 19.2 Å². The Bertz CT molecular complexity index is 2880. The molecule has 422 valence electrons. The van der Waals surface area contributed by atoms with Crippen molar-refractivity contribution in [3.05, 3.63) is 70.3 Å². The van der Waals surface area contributed by atoms with Gasteiger partial charge in [0, 0.05) is 123 Å². The van der Waals surface area contributed by atoms with Crippen LogP contribution in [0, 0.1) is 16.7 Å². The summed E-state index contributed by atoms with van der Waals surface area (Å²) < 4.78 is 62.6. The van der Waals surface area contributed by atoms with Crippen LogP contribution < -0.4 is 10.7 Å². The Morgan fingerprint density at radius 1 is 1.04 bits per heavy atom. The molecule has 18 nitrogen and oxygen atoms in total. The molecule has 4 aromatic rings. The van der Waals surface area contributed by atoms with Gasteiger partial charge in [0.15, 0.2) is 0 Å². The maximum Gasteiger partial charge on any atom is 0.406 e. The van der Waals surface area contributed by atoms with Gasteiger partial charge in [0.05, 0.1) is 48.0 Å². The number of pyridine rings is 1. The van der Waals surface area contributed by atoms with E-state index in [1.54, 1.807) is 55.4 Å². The average molecular weight is 1100 g/mol. The third-order valence-electron chi connectivity index (χ3n) is 16.0. The second kappa shape index (κ2) is 23.4. The Morgan fingerprint density at radius 2 is 1.78 bits per heavy atom. The fourth-order valence-corrected chi connectivity index (χ4v) is 12.6. The van der Waals surface area contributed by atoms with Crippen LogP contribution in [0.4, 0.5) is 18.0 Å². The number of fused-ring (bicyclic) bond motifs is 6. The van der Waals surface area contributed by atoms with Crippen molar-refractivity contribution in [1.29, 1.82) is 0 Å². The van der Waals surface area contributed by atoms with Crippen LogP contribution in [0.2, 0.25) is 0 Å². The summed E-state index contributed by atoms with van der Waals surface area (Å²) in [5.74, 6) is -2.01. The molecule has 0 aliphatic carbocycles. The Morgan fingerprint density at radius 3 is 2.49 bits per heavy atom. The van der Waals surface area contributed by atoms with E-state index >= 15 is 0 Å². The number of hydrazine groups is 1. The highest BCUT2D eigenvalue weighted by molar-refractivity contribution is 7.10. The predicted molar refractivity (Wildman–Crippen MR) is 288 cm³/mol. The van der Waals surface area contributed by atoms with Crippen molar-refractivity contribution in [2.75, 3.05) is 86.3 Å². The smallest absolute Gasteiger partial charge is 0.406 e. The molecule has 3 aromatic heterocycles. The van der Waals surface area contributed by atoms with Gasteiger partial charge >= 0.3 is 18.2 Å². The van der Waals surface area contributed by atoms with Crippen LogP contribution in [-0.2, 0) is 52.8 Å². The molecule has 1 spiro atoms. The van der Waals surface area contributed by atoms with Crippen molar-refractivity contribution < 1.29 is 51.4 Å². The molecule has 9 rings (SSSR count). The summed E-state index contributed by atoms with van der Waals surface area (Å²) in [5, 5.41) is 7.23. The number of hydrogen-bond acceptors (Lipinski definition) is 13. The number of benzene rings is 1. The highest BCUT2D eigenvalue weighted by Gasteiger charge is 2.48. The summed E-state index contributed by atoms with van der Waals surface area (Å²) in [7, 11) is 3.12. The van der Waals surface area contributed by atoms with Crippen LogP contribution in [0.25, 0.3) is 33.4 Å². The molecule has 22 heteroatoms. The zero-order chi connectivity index (χ0) is 55.7. The molecule has 4 atom stereocenters. The number of nitrogens with zero attached hydrogens (tertiary/aromatic N) is 8. The fraction of sp³-hybridized carbons (Fsp3) is 0.589. The van der Waals surface area contributed by atoms with Gasteiger partial charge in [-0.1, -0.05) is 39.8 Å². The summed E-state index contributed by atoms with van der Waals surface area (Å²) in [5.41, 5.74) is 5.57. The van der Waals surface area contributed by atoms with Crippen molar-refractivity contribution in [1.82, 2.24) is 49.9 Å². The maximum atomic E-state index is 14.8. The van der Waals surface area contributed by atoms with E-state index in [9.17, 15) is 37.1 Å². The highest BCUT2D eigenvalue weighted by Crippen LogP contribution is 2.44. The lowest BCUT2D eigenvalue weighted by Crippen LogP contribution is -2.64. The van der Waals surface area contributed by atoms with Gasteiger partial charge in [-0.05, 0) is 74.8 Å². The minimum atomic E-state index is -4.60. The van der Waals surface area contributed by atoms with Crippen molar-refractivity contribution in [2.45, 2.75) is 110 Å². The topological polar surface area (TPSA) is 184 Å². The summed E-state index contributed by atoms with van der Waals surface area (Å²) in [6, 6.07) is 5.28. The van der Waals surface area contributed by atoms with Gasteiger partial charge in [-0.3, -0.25) is 34.1 Å². The van der Waals surface area contributed by atoms with Crippen molar-refractivity contribution in [3.63, 3.8) is 0 Å². The minimum Gasteiger partial charge on any atom is -0.464 e. The number of halogens is 3. The van der Waals surface area contributed by atoms with Gasteiger partial charge in [0.2, 0.25) is 11.8 Å². The number of nitrogens with one attached hydrogen (secondary N) is 2. The molecule has 5 aliphatic rings. The number of methoxy groups -OCH3 is 1. The van der Waals surface area contributed by atoms with E-state index in [-0.39, 0.29) is 49.3 Å². The van der Waals surface area contributed by atoms with Gasteiger partial charge < -0.3 is 38.8 Å². The normalized spacial score (nSPS) is 22.1. The average Bonchev–Trinajstić information content (AvgIpc) is 3.99. The van der Waals surface area contributed by atoms with E-state index in [0.717, 1.165) is 25.9 Å².